The molecule has 1 aliphatic carbocycles. The van der Waals surface area contributed by atoms with Gasteiger partial charge in [0.15, 0.2) is 0 Å². The molecule has 1 saturated carbocycles. The SMILES string of the molecule is C[B]CCCC1CC2(CCNC2)CC1(N)/C(C)=C/CC. The normalized spacial score (nSPS) is 37.8. The fourth-order valence-electron chi connectivity index (χ4n) is 4.55. The first-order valence-electron chi connectivity index (χ1n) is 8.51. The maximum atomic E-state index is 6.96. The van der Waals surface area contributed by atoms with Gasteiger partial charge in [0, 0.05) is 12.1 Å². The third kappa shape index (κ3) is 3.14. The van der Waals surface area contributed by atoms with Gasteiger partial charge in [-0.15, -0.1) is 0 Å². The maximum Gasteiger partial charge on any atom is 0.105 e. The molecule has 1 spiro atoms. The van der Waals surface area contributed by atoms with Crippen molar-refractivity contribution in [2.45, 2.75) is 71.1 Å². The molecule has 2 fully saturated rings. The van der Waals surface area contributed by atoms with E-state index in [0.717, 1.165) is 6.42 Å². The number of rotatable bonds is 6. The predicted octanol–water partition coefficient (Wildman–Crippen LogP) is 3.38. The van der Waals surface area contributed by atoms with Crippen LogP contribution < -0.4 is 11.1 Å². The minimum Gasteiger partial charge on any atom is -0.321 e. The molecule has 2 nitrogen and oxygen atoms in total. The highest BCUT2D eigenvalue weighted by molar-refractivity contribution is 6.33. The van der Waals surface area contributed by atoms with Crippen molar-refractivity contribution in [1.29, 1.82) is 0 Å². The molecule has 0 aromatic carbocycles. The lowest BCUT2D eigenvalue weighted by atomic mass is 9.73. The molecule has 1 radical (unpaired) electrons. The second-order valence-electron chi connectivity index (χ2n) is 7.18. The molecule has 1 saturated heterocycles. The van der Waals surface area contributed by atoms with Crippen LogP contribution in [0, 0.1) is 11.3 Å². The summed E-state index contributed by atoms with van der Waals surface area (Å²) in [5.41, 5.74) is 8.84. The molecule has 3 N–H and O–H groups in total. The molecule has 1 aliphatic heterocycles. The highest BCUT2D eigenvalue weighted by Gasteiger charge is 2.53. The van der Waals surface area contributed by atoms with E-state index in [2.05, 4.69) is 39.3 Å². The van der Waals surface area contributed by atoms with Crippen molar-refractivity contribution in [3.8, 4) is 0 Å². The van der Waals surface area contributed by atoms with Crippen LogP contribution in [0.2, 0.25) is 13.1 Å². The van der Waals surface area contributed by atoms with E-state index in [1.807, 2.05) is 0 Å². The second kappa shape index (κ2) is 6.66. The van der Waals surface area contributed by atoms with Crippen molar-refractivity contribution in [2.75, 3.05) is 13.1 Å². The second-order valence-corrected chi connectivity index (χ2v) is 7.18. The van der Waals surface area contributed by atoms with Crippen LogP contribution in [0.5, 0.6) is 0 Å². The van der Waals surface area contributed by atoms with Crippen molar-refractivity contribution >= 4 is 7.28 Å². The van der Waals surface area contributed by atoms with Crippen LogP contribution in [-0.2, 0) is 0 Å². The van der Waals surface area contributed by atoms with E-state index in [4.69, 9.17) is 5.73 Å². The van der Waals surface area contributed by atoms with Gasteiger partial charge in [0.2, 0.25) is 0 Å². The lowest BCUT2D eigenvalue weighted by Gasteiger charge is -2.33. The Labute approximate surface area is 126 Å². The summed E-state index contributed by atoms with van der Waals surface area (Å²) >= 11 is 0. The summed E-state index contributed by atoms with van der Waals surface area (Å²) in [4.78, 5) is 0. The van der Waals surface area contributed by atoms with Gasteiger partial charge in [-0.05, 0) is 56.9 Å². The monoisotopic (exact) mass is 275 g/mol. The topological polar surface area (TPSA) is 38.0 Å². The number of hydrogen-bond donors (Lipinski definition) is 2. The number of nitrogens with two attached hydrogens (primary N) is 1. The van der Waals surface area contributed by atoms with Crippen molar-refractivity contribution < 1.29 is 0 Å². The van der Waals surface area contributed by atoms with Crippen molar-refractivity contribution in [3.63, 3.8) is 0 Å². The molecule has 0 amide bonds. The average Bonchev–Trinajstić information content (AvgIpc) is 2.97. The van der Waals surface area contributed by atoms with Gasteiger partial charge in [0.1, 0.15) is 7.28 Å². The first-order valence-corrected chi connectivity index (χ1v) is 8.51. The summed E-state index contributed by atoms with van der Waals surface area (Å²) in [6.07, 6.45) is 11.1. The molecule has 2 rings (SSSR count). The number of allylic oxidation sites excluding steroid dienone is 1. The zero-order valence-corrected chi connectivity index (χ0v) is 13.7. The van der Waals surface area contributed by atoms with Gasteiger partial charge in [-0.25, -0.2) is 0 Å². The predicted molar refractivity (Wildman–Crippen MR) is 89.3 cm³/mol. The van der Waals surface area contributed by atoms with Crippen LogP contribution in [0.25, 0.3) is 0 Å². The maximum absolute atomic E-state index is 6.96. The zero-order chi connectivity index (χ0) is 14.6. The molecular formula is C17H32BN2. The highest BCUT2D eigenvalue weighted by atomic mass is 14.9. The first kappa shape index (κ1) is 16.1. The Morgan fingerprint density at radius 3 is 2.90 bits per heavy atom. The lowest BCUT2D eigenvalue weighted by molar-refractivity contribution is 0.313. The van der Waals surface area contributed by atoms with Crippen LogP contribution in [-0.4, -0.2) is 25.9 Å². The Balaban J connectivity index is 2.14. The summed E-state index contributed by atoms with van der Waals surface area (Å²) in [6, 6.07) is 0. The molecule has 3 heteroatoms. The smallest absolute Gasteiger partial charge is 0.105 e. The molecule has 3 atom stereocenters. The van der Waals surface area contributed by atoms with Gasteiger partial charge < -0.3 is 11.1 Å². The van der Waals surface area contributed by atoms with Gasteiger partial charge >= 0.3 is 0 Å². The summed E-state index contributed by atoms with van der Waals surface area (Å²) < 4.78 is 0. The Kier molecular flexibility index (Phi) is 5.36. The fraction of sp³-hybridized carbons (Fsp3) is 0.882. The van der Waals surface area contributed by atoms with Crippen LogP contribution in [0.15, 0.2) is 11.6 Å². The fourth-order valence-corrected chi connectivity index (χ4v) is 4.55. The third-order valence-corrected chi connectivity index (χ3v) is 5.70. The van der Waals surface area contributed by atoms with Gasteiger partial charge in [0.05, 0.1) is 0 Å². The van der Waals surface area contributed by atoms with Crippen LogP contribution in [0.1, 0.15) is 52.4 Å². The van der Waals surface area contributed by atoms with E-state index in [1.54, 1.807) is 0 Å². The molecule has 3 unspecified atom stereocenters. The minimum absolute atomic E-state index is 0.0459. The van der Waals surface area contributed by atoms with Gasteiger partial charge in [0.25, 0.3) is 0 Å². The molecule has 1 heterocycles. The largest absolute Gasteiger partial charge is 0.321 e. The minimum atomic E-state index is -0.0459. The van der Waals surface area contributed by atoms with Crippen LogP contribution >= 0.6 is 0 Å². The number of nitrogens with one attached hydrogen (secondary N) is 1. The van der Waals surface area contributed by atoms with Gasteiger partial charge in [-0.3, -0.25) is 0 Å². The third-order valence-electron chi connectivity index (χ3n) is 5.70. The Hall–Kier alpha value is -0.275. The highest BCUT2D eigenvalue weighted by Crippen LogP contribution is 2.54. The van der Waals surface area contributed by atoms with Gasteiger partial charge in [-0.2, -0.15) is 0 Å². The van der Waals surface area contributed by atoms with E-state index in [-0.39, 0.29) is 5.54 Å². The van der Waals surface area contributed by atoms with Crippen molar-refractivity contribution in [1.82, 2.24) is 5.32 Å². The van der Waals surface area contributed by atoms with Crippen LogP contribution in [0.4, 0.5) is 0 Å². The van der Waals surface area contributed by atoms with Crippen molar-refractivity contribution in [2.24, 2.45) is 17.1 Å². The summed E-state index contributed by atoms with van der Waals surface area (Å²) in [6.45, 7) is 9.01. The average molecular weight is 275 g/mol. The standard InChI is InChI=1S/C17H32BN2/c1-4-6-14(2)17(19)12-16(8-10-20-13-16)11-15(17)7-5-9-18-3/h6,15,20H,4-5,7-13,19H2,1-3H3/b14-6+. The quantitative estimate of drug-likeness (QED) is 0.443. The van der Waals surface area contributed by atoms with E-state index < -0.39 is 0 Å². The number of hydrogen-bond acceptors (Lipinski definition) is 2. The van der Waals surface area contributed by atoms with E-state index in [1.165, 1.54) is 57.1 Å². The summed E-state index contributed by atoms with van der Waals surface area (Å²) in [5, 5.41) is 3.57. The summed E-state index contributed by atoms with van der Waals surface area (Å²) in [5.74, 6) is 0.671. The molecule has 2 aliphatic rings. The van der Waals surface area contributed by atoms with E-state index >= 15 is 0 Å². The van der Waals surface area contributed by atoms with Gasteiger partial charge in [-0.1, -0.05) is 38.1 Å². The molecule has 20 heavy (non-hydrogen) atoms. The molecular weight excluding hydrogens is 243 g/mol. The zero-order valence-electron chi connectivity index (χ0n) is 13.7. The van der Waals surface area contributed by atoms with E-state index in [9.17, 15) is 0 Å². The Morgan fingerprint density at radius 2 is 2.30 bits per heavy atom. The summed E-state index contributed by atoms with van der Waals surface area (Å²) in [7, 11) is 2.29. The first-order chi connectivity index (χ1) is 9.56. The molecule has 0 bridgehead atoms. The van der Waals surface area contributed by atoms with Crippen molar-refractivity contribution in [3.05, 3.63) is 11.6 Å². The molecule has 0 aromatic rings. The molecule has 113 valence electrons. The Bertz CT molecular complexity index is 347. The van der Waals surface area contributed by atoms with Crippen LogP contribution in [0.3, 0.4) is 0 Å². The molecule has 0 aromatic heterocycles. The Morgan fingerprint density at radius 1 is 1.50 bits per heavy atom. The lowest BCUT2D eigenvalue weighted by Crippen LogP contribution is -2.45. The van der Waals surface area contributed by atoms with E-state index in [0.29, 0.717) is 11.3 Å².